The van der Waals surface area contributed by atoms with E-state index < -0.39 is 50.9 Å². The third-order valence-corrected chi connectivity index (χ3v) is 11.1. The van der Waals surface area contributed by atoms with E-state index in [1.807, 2.05) is 6.08 Å². The molecule has 0 bridgehead atoms. The highest BCUT2D eigenvalue weighted by Gasteiger charge is 2.52. The van der Waals surface area contributed by atoms with Gasteiger partial charge in [-0.05, 0) is 112 Å². The second-order valence-electron chi connectivity index (χ2n) is 11.9. The molecule has 0 N–H and O–H groups in total. The lowest BCUT2D eigenvalue weighted by atomic mass is 9.60. The summed E-state index contributed by atoms with van der Waals surface area (Å²) in [6, 6.07) is 12.5. The molecule has 0 unspecified atom stereocenters. The van der Waals surface area contributed by atoms with Gasteiger partial charge in [-0.2, -0.15) is 22.6 Å². The second kappa shape index (κ2) is 11.7. The van der Waals surface area contributed by atoms with Gasteiger partial charge in [-0.25, -0.2) is 17.5 Å². The molecular formula is C33H29ClF4N4O3S. The van der Waals surface area contributed by atoms with E-state index in [0.717, 1.165) is 12.1 Å². The number of aromatic nitrogens is 3. The summed E-state index contributed by atoms with van der Waals surface area (Å²) in [6.07, 6.45) is 0.399. The van der Waals surface area contributed by atoms with Gasteiger partial charge in [0.15, 0.2) is 5.78 Å². The number of hydrogen-bond donors (Lipinski definition) is 0. The molecule has 0 aliphatic heterocycles. The zero-order valence-electron chi connectivity index (χ0n) is 24.8. The summed E-state index contributed by atoms with van der Waals surface area (Å²) < 4.78 is 84.7. The Balaban J connectivity index is 1.45. The number of fused-ring (bicyclic) bond motifs is 2. The average Bonchev–Trinajstić information content (AvgIpc) is 3.41. The molecule has 2 heterocycles. The zero-order valence-corrected chi connectivity index (χ0v) is 26.4. The molecule has 2 atom stereocenters. The van der Waals surface area contributed by atoms with Crippen LogP contribution < -0.4 is 0 Å². The van der Waals surface area contributed by atoms with E-state index in [2.05, 4.69) is 10.1 Å². The van der Waals surface area contributed by atoms with Crippen LogP contribution in [0.2, 0.25) is 5.02 Å². The van der Waals surface area contributed by atoms with Crippen molar-refractivity contribution in [2.75, 3.05) is 0 Å². The SMILES string of the molecule is CC(C)N([C@H]1CCC2=Cc3c(cnn3-c3ccc(F)cc3)C[C@]2(C(=O)c2ccc(C(F)(F)F)cn2)C1)S(=O)(=O)c1ccc(Cl)cc1. The third kappa shape index (κ3) is 5.67. The Hall–Kier alpha value is -3.87. The highest BCUT2D eigenvalue weighted by molar-refractivity contribution is 7.89. The quantitative estimate of drug-likeness (QED) is 0.150. The van der Waals surface area contributed by atoms with Crippen LogP contribution in [0.25, 0.3) is 11.8 Å². The first-order valence-electron chi connectivity index (χ1n) is 14.6. The Bertz CT molecular complexity index is 1920. The smallest absolute Gasteiger partial charge is 0.291 e. The van der Waals surface area contributed by atoms with Gasteiger partial charge < -0.3 is 0 Å². The maximum absolute atomic E-state index is 14.5. The normalized spacial score (nSPS) is 19.9. The summed E-state index contributed by atoms with van der Waals surface area (Å²) >= 11 is 6.02. The Morgan fingerprint density at radius 1 is 1.04 bits per heavy atom. The molecule has 2 aromatic heterocycles. The van der Waals surface area contributed by atoms with Gasteiger partial charge in [-0.15, -0.1) is 0 Å². The molecule has 1 fully saturated rings. The average molecular weight is 673 g/mol. The molecule has 1 saturated carbocycles. The minimum atomic E-state index is -4.63. The van der Waals surface area contributed by atoms with Crippen molar-refractivity contribution in [1.82, 2.24) is 19.1 Å². The van der Waals surface area contributed by atoms with E-state index >= 15 is 0 Å². The topological polar surface area (TPSA) is 85.2 Å². The van der Waals surface area contributed by atoms with E-state index in [4.69, 9.17) is 11.6 Å². The standard InChI is InChI=1S/C33H29ClF4N4O3S/c1-20(2)42(46(44,45)28-12-5-24(34)6-13-28)27-9-3-22-15-30-21(18-40-41(30)26-10-7-25(35)8-11-26)16-32(22,17-27)31(43)29-14-4-23(19-39-29)33(36,37)38/h4-8,10-15,18-20,27H,3,9,16-17H2,1-2H3/t27-,32-/m0/s1. The number of carbonyl (C=O) groups excluding carboxylic acids is 1. The molecule has 2 aliphatic carbocycles. The Morgan fingerprint density at radius 3 is 2.35 bits per heavy atom. The number of Topliss-reactive ketones (excluding diaryl/α,β-unsaturated/α-hetero) is 1. The molecule has 13 heteroatoms. The van der Waals surface area contributed by atoms with E-state index in [1.54, 1.807) is 36.9 Å². The summed E-state index contributed by atoms with van der Waals surface area (Å²) in [5, 5.41) is 4.89. The number of allylic oxidation sites excluding steroid dienone is 1. The number of nitrogens with zero attached hydrogens (tertiary/aromatic N) is 4. The zero-order chi connectivity index (χ0) is 33.0. The van der Waals surface area contributed by atoms with Crippen molar-refractivity contribution >= 4 is 33.5 Å². The first-order valence-corrected chi connectivity index (χ1v) is 16.4. The predicted octanol–water partition coefficient (Wildman–Crippen LogP) is 7.54. The fraction of sp³-hybridized carbons (Fsp3) is 0.303. The van der Waals surface area contributed by atoms with Crippen molar-refractivity contribution in [2.24, 2.45) is 5.41 Å². The van der Waals surface area contributed by atoms with Crippen LogP contribution in [0.15, 0.2) is 83.5 Å². The minimum absolute atomic E-state index is 0.0585. The summed E-state index contributed by atoms with van der Waals surface area (Å²) in [6.45, 7) is 3.52. The van der Waals surface area contributed by atoms with Crippen LogP contribution in [0.5, 0.6) is 0 Å². The number of halogens is 5. The second-order valence-corrected chi connectivity index (χ2v) is 14.2. The van der Waals surface area contributed by atoms with Crippen molar-refractivity contribution in [2.45, 2.75) is 62.7 Å². The number of sulfonamides is 1. The Labute approximate surface area is 268 Å². The first kappa shape index (κ1) is 32.1. The molecule has 2 aromatic carbocycles. The molecule has 0 spiro atoms. The summed E-state index contributed by atoms with van der Waals surface area (Å²) in [5.74, 6) is -0.900. The number of alkyl halides is 3. The van der Waals surface area contributed by atoms with E-state index in [-0.39, 0.29) is 23.4 Å². The number of ketones is 1. The van der Waals surface area contributed by atoms with Crippen molar-refractivity contribution in [3.8, 4) is 5.69 Å². The van der Waals surface area contributed by atoms with Gasteiger partial charge in [-0.1, -0.05) is 17.2 Å². The van der Waals surface area contributed by atoms with Gasteiger partial charge in [0.2, 0.25) is 10.0 Å². The predicted molar refractivity (Wildman–Crippen MR) is 164 cm³/mol. The number of benzene rings is 2. The molecule has 0 radical (unpaired) electrons. The van der Waals surface area contributed by atoms with E-state index in [1.165, 1.54) is 40.7 Å². The number of hydrogen-bond acceptors (Lipinski definition) is 5. The van der Waals surface area contributed by atoms with Crippen molar-refractivity contribution < 1.29 is 30.8 Å². The molecule has 7 nitrogen and oxygen atoms in total. The summed E-state index contributed by atoms with van der Waals surface area (Å²) in [5.41, 5.74) is 0.262. The van der Waals surface area contributed by atoms with Crippen molar-refractivity contribution in [3.05, 3.63) is 112 Å². The lowest BCUT2D eigenvalue weighted by Crippen LogP contribution is -2.52. The number of carbonyl (C=O) groups is 1. The van der Waals surface area contributed by atoms with Crippen LogP contribution in [-0.4, -0.2) is 45.4 Å². The van der Waals surface area contributed by atoms with Crippen LogP contribution in [0.4, 0.5) is 17.6 Å². The first-order chi connectivity index (χ1) is 21.7. The lowest BCUT2D eigenvalue weighted by molar-refractivity contribution is -0.137. The monoisotopic (exact) mass is 672 g/mol. The highest BCUT2D eigenvalue weighted by atomic mass is 35.5. The highest BCUT2D eigenvalue weighted by Crippen LogP contribution is 2.51. The van der Waals surface area contributed by atoms with Gasteiger partial charge >= 0.3 is 6.18 Å². The van der Waals surface area contributed by atoms with Gasteiger partial charge in [0.1, 0.15) is 11.5 Å². The van der Waals surface area contributed by atoms with E-state index in [9.17, 15) is 30.8 Å². The van der Waals surface area contributed by atoms with Crippen LogP contribution in [0.3, 0.4) is 0 Å². The summed E-state index contributed by atoms with van der Waals surface area (Å²) in [7, 11) is -4.03. The summed E-state index contributed by atoms with van der Waals surface area (Å²) in [4.78, 5) is 18.5. The van der Waals surface area contributed by atoms with Crippen LogP contribution in [0, 0.1) is 11.2 Å². The fourth-order valence-corrected chi connectivity index (χ4v) is 8.63. The molecule has 4 aromatic rings. The maximum atomic E-state index is 14.5. The van der Waals surface area contributed by atoms with Gasteiger partial charge in [-0.3, -0.25) is 9.78 Å². The lowest BCUT2D eigenvalue weighted by Gasteiger charge is -2.47. The molecule has 2 aliphatic rings. The third-order valence-electron chi connectivity index (χ3n) is 8.72. The molecular weight excluding hydrogens is 644 g/mol. The Morgan fingerprint density at radius 2 is 1.74 bits per heavy atom. The molecule has 6 rings (SSSR count). The Kier molecular flexibility index (Phi) is 8.19. The molecule has 46 heavy (non-hydrogen) atoms. The van der Waals surface area contributed by atoms with Crippen molar-refractivity contribution in [3.63, 3.8) is 0 Å². The number of rotatable bonds is 7. The minimum Gasteiger partial charge on any atom is -0.291 e. The van der Waals surface area contributed by atoms with Gasteiger partial charge in [0.05, 0.1) is 33.5 Å². The van der Waals surface area contributed by atoms with E-state index in [0.29, 0.717) is 46.6 Å². The van der Waals surface area contributed by atoms with Crippen LogP contribution in [-0.2, 0) is 22.6 Å². The largest absolute Gasteiger partial charge is 0.417 e. The molecule has 240 valence electrons. The molecule has 0 saturated heterocycles. The van der Waals surface area contributed by atoms with Crippen molar-refractivity contribution in [1.29, 1.82) is 0 Å². The fourth-order valence-electron chi connectivity index (χ4n) is 6.65. The van der Waals surface area contributed by atoms with Crippen LogP contribution >= 0.6 is 11.6 Å². The number of pyridine rings is 1. The maximum Gasteiger partial charge on any atom is 0.417 e. The molecule has 0 amide bonds. The van der Waals surface area contributed by atoms with Gasteiger partial charge in [0, 0.05) is 23.3 Å². The van der Waals surface area contributed by atoms with Gasteiger partial charge in [0.25, 0.3) is 0 Å². The van der Waals surface area contributed by atoms with Crippen LogP contribution in [0.1, 0.15) is 60.4 Å².